The van der Waals surface area contributed by atoms with Crippen LogP contribution < -0.4 is 10.1 Å². The van der Waals surface area contributed by atoms with E-state index < -0.39 is 0 Å². The van der Waals surface area contributed by atoms with Crippen LogP contribution in [0.15, 0.2) is 24.3 Å². The van der Waals surface area contributed by atoms with E-state index >= 15 is 0 Å². The van der Waals surface area contributed by atoms with E-state index in [0.29, 0.717) is 31.6 Å². The fourth-order valence-electron chi connectivity index (χ4n) is 1.85. The summed E-state index contributed by atoms with van der Waals surface area (Å²) in [6.45, 7) is 0.504. The van der Waals surface area contributed by atoms with Crippen LogP contribution in [0.4, 0.5) is 0 Å². The molecule has 7 heteroatoms. The minimum atomic E-state index is -0.000555. The summed E-state index contributed by atoms with van der Waals surface area (Å²) in [7, 11) is 1.63. The number of aromatic nitrogens is 4. The largest absolute Gasteiger partial charge is 0.496 e. The number of benzene rings is 1. The fraction of sp³-hybridized carbons (Fsp3) is 0.385. The maximum atomic E-state index is 11.7. The predicted octanol–water partition coefficient (Wildman–Crippen LogP) is 0.500. The number of tetrazole rings is 1. The first kappa shape index (κ1) is 14.0. The molecular formula is C13H17N5O2. The lowest BCUT2D eigenvalue weighted by atomic mass is 10.1. The number of nitrogens with one attached hydrogen (secondary N) is 2. The molecule has 7 nitrogen and oxygen atoms in total. The number of amides is 1. The normalized spacial score (nSPS) is 10.2. The van der Waals surface area contributed by atoms with Crippen molar-refractivity contribution in [1.82, 2.24) is 25.9 Å². The second-order valence-electron chi connectivity index (χ2n) is 4.24. The summed E-state index contributed by atoms with van der Waals surface area (Å²) in [5.74, 6) is 1.40. The van der Waals surface area contributed by atoms with Gasteiger partial charge in [-0.1, -0.05) is 23.4 Å². The molecule has 0 saturated heterocycles. The molecule has 0 spiro atoms. The molecule has 0 fully saturated rings. The molecule has 1 amide bonds. The first-order chi connectivity index (χ1) is 9.79. The van der Waals surface area contributed by atoms with Crippen molar-refractivity contribution in [2.45, 2.75) is 19.3 Å². The number of methoxy groups -OCH3 is 1. The van der Waals surface area contributed by atoms with E-state index in [0.717, 1.165) is 11.3 Å². The van der Waals surface area contributed by atoms with E-state index in [1.54, 1.807) is 7.11 Å². The van der Waals surface area contributed by atoms with Crippen molar-refractivity contribution in [2.24, 2.45) is 0 Å². The molecule has 0 bridgehead atoms. The Labute approximate surface area is 116 Å². The molecule has 2 rings (SSSR count). The Balaban J connectivity index is 1.72. The molecule has 2 N–H and O–H groups in total. The number of hydrogen-bond donors (Lipinski definition) is 2. The molecule has 0 aliphatic carbocycles. The number of nitrogens with zero attached hydrogens (tertiary/aromatic N) is 3. The second-order valence-corrected chi connectivity index (χ2v) is 4.24. The number of rotatable bonds is 7. The van der Waals surface area contributed by atoms with Gasteiger partial charge in [0, 0.05) is 19.4 Å². The van der Waals surface area contributed by atoms with Crippen LogP contribution >= 0.6 is 0 Å². The molecule has 20 heavy (non-hydrogen) atoms. The number of H-pyrrole nitrogens is 1. The Kier molecular flexibility index (Phi) is 5.05. The summed E-state index contributed by atoms with van der Waals surface area (Å²) >= 11 is 0. The number of carbonyl (C=O) groups excluding carboxylic acids is 1. The molecule has 106 valence electrons. The molecule has 0 aliphatic heterocycles. The molecule has 0 unspecified atom stereocenters. The van der Waals surface area contributed by atoms with Crippen molar-refractivity contribution >= 4 is 5.91 Å². The summed E-state index contributed by atoms with van der Waals surface area (Å²) < 4.78 is 5.25. The average Bonchev–Trinajstić information content (AvgIpc) is 2.98. The molecule has 0 saturated carbocycles. The summed E-state index contributed by atoms with van der Waals surface area (Å²) in [4.78, 5) is 11.7. The fourth-order valence-corrected chi connectivity index (χ4v) is 1.85. The van der Waals surface area contributed by atoms with Gasteiger partial charge in [0.2, 0.25) is 5.91 Å². The van der Waals surface area contributed by atoms with Crippen molar-refractivity contribution in [1.29, 1.82) is 0 Å². The van der Waals surface area contributed by atoms with Crippen molar-refractivity contribution < 1.29 is 9.53 Å². The van der Waals surface area contributed by atoms with Gasteiger partial charge in [0.1, 0.15) is 5.75 Å². The lowest BCUT2D eigenvalue weighted by Crippen LogP contribution is -2.26. The van der Waals surface area contributed by atoms with Crippen molar-refractivity contribution in [3.05, 3.63) is 35.7 Å². The van der Waals surface area contributed by atoms with Crippen LogP contribution in [0.3, 0.4) is 0 Å². The Bertz CT molecular complexity index is 541. The third kappa shape index (κ3) is 4.04. The summed E-state index contributed by atoms with van der Waals surface area (Å²) in [6, 6.07) is 7.70. The van der Waals surface area contributed by atoms with Gasteiger partial charge in [-0.3, -0.25) is 4.79 Å². The lowest BCUT2D eigenvalue weighted by molar-refractivity contribution is -0.121. The van der Waals surface area contributed by atoms with Crippen LogP contribution in [-0.4, -0.2) is 40.2 Å². The summed E-state index contributed by atoms with van der Waals surface area (Å²) in [5, 5.41) is 16.3. The monoisotopic (exact) mass is 275 g/mol. The van der Waals surface area contributed by atoms with Gasteiger partial charge in [0.15, 0.2) is 5.82 Å². The highest BCUT2D eigenvalue weighted by molar-refractivity contribution is 5.76. The first-order valence-electron chi connectivity index (χ1n) is 6.40. The molecule has 0 radical (unpaired) electrons. The maximum Gasteiger partial charge on any atom is 0.220 e. The molecule has 0 atom stereocenters. The van der Waals surface area contributed by atoms with E-state index in [2.05, 4.69) is 25.9 Å². The first-order valence-corrected chi connectivity index (χ1v) is 6.40. The van der Waals surface area contributed by atoms with Crippen LogP contribution in [0.2, 0.25) is 0 Å². The van der Waals surface area contributed by atoms with Gasteiger partial charge >= 0.3 is 0 Å². The predicted molar refractivity (Wildman–Crippen MR) is 72.2 cm³/mol. The highest BCUT2D eigenvalue weighted by atomic mass is 16.5. The standard InChI is InChI=1S/C13H17N5O2/c1-20-11-5-3-2-4-10(11)6-7-13(19)14-9-8-12-15-17-18-16-12/h2-5H,6-9H2,1H3,(H,14,19)(H,15,16,17,18). The molecular weight excluding hydrogens is 258 g/mol. The van der Waals surface area contributed by atoms with Crippen LogP contribution in [0.25, 0.3) is 0 Å². The van der Waals surface area contributed by atoms with E-state index in [9.17, 15) is 4.79 Å². The van der Waals surface area contributed by atoms with Crippen molar-refractivity contribution in [3.63, 3.8) is 0 Å². The zero-order valence-electron chi connectivity index (χ0n) is 11.3. The topological polar surface area (TPSA) is 92.8 Å². The van der Waals surface area contributed by atoms with Crippen LogP contribution in [0, 0.1) is 0 Å². The Morgan fingerprint density at radius 2 is 2.20 bits per heavy atom. The SMILES string of the molecule is COc1ccccc1CCC(=O)NCCc1nn[nH]n1. The lowest BCUT2D eigenvalue weighted by Gasteiger charge is -2.08. The van der Waals surface area contributed by atoms with Gasteiger partial charge in [0.05, 0.1) is 7.11 Å². The van der Waals surface area contributed by atoms with Crippen LogP contribution in [-0.2, 0) is 17.6 Å². The number of aryl methyl sites for hydroxylation is 1. The molecule has 1 aromatic heterocycles. The summed E-state index contributed by atoms with van der Waals surface area (Å²) in [5.41, 5.74) is 1.03. The van der Waals surface area contributed by atoms with Crippen LogP contribution in [0.1, 0.15) is 17.8 Å². The number of aromatic amines is 1. The van der Waals surface area contributed by atoms with Gasteiger partial charge in [-0.15, -0.1) is 10.2 Å². The quantitative estimate of drug-likeness (QED) is 0.767. The van der Waals surface area contributed by atoms with E-state index in [-0.39, 0.29) is 5.91 Å². The summed E-state index contributed by atoms with van der Waals surface area (Å²) in [6.07, 6.45) is 1.64. The van der Waals surface area contributed by atoms with Crippen molar-refractivity contribution in [3.8, 4) is 5.75 Å². The Hall–Kier alpha value is -2.44. The number of para-hydroxylation sites is 1. The highest BCUT2D eigenvalue weighted by Gasteiger charge is 2.06. The second kappa shape index (κ2) is 7.22. The Morgan fingerprint density at radius 3 is 2.95 bits per heavy atom. The highest BCUT2D eigenvalue weighted by Crippen LogP contribution is 2.18. The van der Waals surface area contributed by atoms with E-state index in [1.807, 2.05) is 24.3 Å². The van der Waals surface area contributed by atoms with E-state index in [1.165, 1.54) is 0 Å². The molecule has 1 heterocycles. The third-order valence-corrected chi connectivity index (χ3v) is 2.87. The molecule has 0 aliphatic rings. The minimum Gasteiger partial charge on any atom is -0.496 e. The zero-order chi connectivity index (χ0) is 14.2. The molecule has 2 aromatic rings. The number of hydrogen-bond acceptors (Lipinski definition) is 5. The Morgan fingerprint density at radius 1 is 1.35 bits per heavy atom. The minimum absolute atomic E-state index is 0.000555. The van der Waals surface area contributed by atoms with Gasteiger partial charge < -0.3 is 10.1 Å². The maximum absolute atomic E-state index is 11.7. The van der Waals surface area contributed by atoms with Crippen LogP contribution in [0.5, 0.6) is 5.75 Å². The van der Waals surface area contributed by atoms with E-state index in [4.69, 9.17) is 4.74 Å². The van der Waals surface area contributed by atoms with Gasteiger partial charge in [0.25, 0.3) is 0 Å². The third-order valence-electron chi connectivity index (χ3n) is 2.87. The smallest absolute Gasteiger partial charge is 0.220 e. The number of ether oxygens (including phenoxy) is 1. The van der Waals surface area contributed by atoms with Gasteiger partial charge in [-0.25, -0.2) is 0 Å². The van der Waals surface area contributed by atoms with Gasteiger partial charge in [-0.05, 0) is 18.1 Å². The average molecular weight is 275 g/mol. The zero-order valence-corrected chi connectivity index (χ0v) is 11.3. The number of carbonyl (C=O) groups is 1. The van der Waals surface area contributed by atoms with Crippen molar-refractivity contribution in [2.75, 3.05) is 13.7 Å². The van der Waals surface area contributed by atoms with Gasteiger partial charge in [-0.2, -0.15) is 5.21 Å². The molecule has 1 aromatic carbocycles.